The van der Waals surface area contributed by atoms with Crippen molar-refractivity contribution in [1.82, 2.24) is 4.90 Å². The molecule has 0 aromatic heterocycles. The molecule has 5 nitrogen and oxygen atoms in total. The van der Waals surface area contributed by atoms with Crippen LogP contribution in [0.2, 0.25) is 0 Å². The Hall–Kier alpha value is -0.780. The molecule has 0 aliphatic carbocycles. The van der Waals surface area contributed by atoms with Crippen molar-refractivity contribution in [2.24, 2.45) is 16.6 Å². The normalized spacial score (nSPS) is 29.4. The average Bonchev–Trinajstić information content (AvgIpc) is 2.37. The summed E-state index contributed by atoms with van der Waals surface area (Å²) in [6, 6.07) is 0. The quantitative estimate of drug-likeness (QED) is 0.607. The van der Waals surface area contributed by atoms with E-state index in [1.165, 1.54) is 0 Å². The fraction of sp³-hybridized carbons (Fsp3) is 0.923. The maximum Gasteiger partial charge on any atom is 0.191 e. The molecule has 2 aliphatic rings. The Bertz CT molecular complexity index is 425. The topological polar surface area (TPSA) is 75.8 Å². The van der Waals surface area contributed by atoms with Crippen LogP contribution in [0.5, 0.6) is 0 Å². The van der Waals surface area contributed by atoms with E-state index in [4.69, 9.17) is 5.73 Å². The molecule has 0 spiro atoms. The fourth-order valence-electron chi connectivity index (χ4n) is 2.76. The van der Waals surface area contributed by atoms with E-state index in [1.54, 1.807) is 0 Å². The van der Waals surface area contributed by atoms with Gasteiger partial charge in [0.25, 0.3) is 0 Å². The van der Waals surface area contributed by atoms with Gasteiger partial charge in [-0.25, -0.2) is 8.42 Å². The van der Waals surface area contributed by atoms with Crippen molar-refractivity contribution in [3.63, 3.8) is 0 Å². The van der Waals surface area contributed by atoms with E-state index < -0.39 is 9.84 Å². The molecule has 1 atom stereocenters. The molecule has 0 radical (unpaired) electrons. The maximum absolute atomic E-state index is 11.9. The summed E-state index contributed by atoms with van der Waals surface area (Å²) in [6.45, 7) is 4.46. The summed E-state index contributed by atoms with van der Waals surface area (Å²) >= 11 is 0. The highest BCUT2D eigenvalue weighted by atomic mass is 32.2. The zero-order valence-electron chi connectivity index (χ0n) is 11.7. The molecule has 19 heavy (non-hydrogen) atoms. The zero-order chi connectivity index (χ0) is 13.9. The van der Waals surface area contributed by atoms with Gasteiger partial charge in [0.15, 0.2) is 15.8 Å². The maximum atomic E-state index is 11.9. The number of aliphatic imine (C=N–C) groups is 1. The third-order valence-corrected chi connectivity index (χ3v) is 6.54. The first-order valence-corrected chi connectivity index (χ1v) is 8.97. The highest BCUT2D eigenvalue weighted by molar-refractivity contribution is 7.92. The summed E-state index contributed by atoms with van der Waals surface area (Å²) in [4.78, 5) is 6.41. The second-order valence-corrected chi connectivity index (χ2v) is 8.25. The fourth-order valence-corrected chi connectivity index (χ4v) is 4.53. The molecular formula is C13H25N3O2S. The first kappa shape index (κ1) is 14.6. The van der Waals surface area contributed by atoms with Crippen LogP contribution in [0, 0.1) is 5.92 Å². The highest BCUT2D eigenvalue weighted by Gasteiger charge is 2.28. The molecule has 2 saturated heterocycles. The first-order valence-electron chi connectivity index (χ1n) is 7.25. The van der Waals surface area contributed by atoms with E-state index in [0.29, 0.717) is 18.3 Å². The average molecular weight is 287 g/mol. The van der Waals surface area contributed by atoms with Crippen LogP contribution < -0.4 is 5.73 Å². The summed E-state index contributed by atoms with van der Waals surface area (Å²) in [5, 5.41) is -0.316. The molecule has 6 heteroatoms. The second-order valence-electron chi connectivity index (χ2n) is 5.85. The van der Waals surface area contributed by atoms with Gasteiger partial charge < -0.3 is 10.6 Å². The molecule has 2 aliphatic heterocycles. The predicted octanol–water partition coefficient (Wildman–Crippen LogP) is 1.00. The number of rotatable bonds is 2. The van der Waals surface area contributed by atoms with Crippen molar-refractivity contribution in [2.45, 2.75) is 44.3 Å². The van der Waals surface area contributed by atoms with Crippen molar-refractivity contribution < 1.29 is 8.42 Å². The van der Waals surface area contributed by atoms with Crippen molar-refractivity contribution in [3.8, 4) is 0 Å². The van der Waals surface area contributed by atoms with Crippen LogP contribution in [-0.4, -0.2) is 49.9 Å². The minimum atomic E-state index is -2.94. The Morgan fingerprint density at radius 1 is 1.26 bits per heavy atom. The van der Waals surface area contributed by atoms with Gasteiger partial charge in [0.05, 0.1) is 17.5 Å². The summed E-state index contributed by atoms with van der Waals surface area (Å²) in [6.07, 6.45) is 4.79. The van der Waals surface area contributed by atoms with Crippen LogP contribution >= 0.6 is 0 Å². The summed E-state index contributed by atoms with van der Waals surface area (Å²) in [7, 11) is -2.94. The molecule has 110 valence electrons. The van der Waals surface area contributed by atoms with Gasteiger partial charge >= 0.3 is 0 Å². The van der Waals surface area contributed by atoms with Gasteiger partial charge in [-0.05, 0) is 31.6 Å². The summed E-state index contributed by atoms with van der Waals surface area (Å²) in [5.41, 5.74) is 5.98. The lowest BCUT2D eigenvalue weighted by Gasteiger charge is -2.31. The molecule has 0 aromatic rings. The Kier molecular flexibility index (Phi) is 4.71. The van der Waals surface area contributed by atoms with Crippen molar-refractivity contribution in [3.05, 3.63) is 0 Å². The van der Waals surface area contributed by atoms with Gasteiger partial charge in [-0.1, -0.05) is 13.3 Å². The van der Waals surface area contributed by atoms with E-state index >= 15 is 0 Å². The van der Waals surface area contributed by atoms with E-state index in [9.17, 15) is 8.42 Å². The van der Waals surface area contributed by atoms with E-state index in [-0.39, 0.29) is 5.25 Å². The Morgan fingerprint density at radius 3 is 2.58 bits per heavy atom. The predicted molar refractivity (Wildman–Crippen MR) is 77.9 cm³/mol. The number of likely N-dealkylation sites (tertiary alicyclic amines) is 1. The number of guanidine groups is 1. The third kappa shape index (κ3) is 3.84. The van der Waals surface area contributed by atoms with Crippen LogP contribution in [0.25, 0.3) is 0 Å². The van der Waals surface area contributed by atoms with E-state index in [0.717, 1.165) is 51.1 Å². The summed E-state index contributed by atoms with van der Waals surface area (Å²) in [5.74, 6) is 1.59. The van der Waals surface area contributed by atoms with Crippen LogP contribution in [0.3, 0.4) is 0 Å². The lowest BCUT2D eigenvalue weighted by Crippen LogP contribution is -2.43. The minimum Gasteiger partial charge on any atom is -0.370 e. The molecule has 0 aromatic carbocycles. The second kappa shape index (κ2) is 6.11. The van der Waals surface area contributed by atoms with E-state index in [1.807, 2.05) is 0 Å². The Morgan fingerprint density at radius 2 is 1.95 bits per heavy atom. The van der Waals surface area contributed by atoms with Crippen LogP contribution in [0.4, 0.5) is 0 Å². The number of hydrogen-bond acceptors (Lipinski definition) is 3. The number of hydrogen-bond donors (Lipinski definition) is 1. The molecule has 2 fully saturated rings. The number of sulfone groups is 1. The monoisotopic (exact) mass is 287 g/mol. The van der Waals surface area contributed by atoms with Gasteiger partial charge in [0.1, 0.15) is 0 Å². The molecule has 2 N–H and O–H groups in total. The molecular weight excluding hydrogens is 262 g/mol. The molecule has 0 bridgehead atoms. The van der Waals surface area contributed by atoms with Crippen LogP contribution in [0.1, 0.15) is 39.0 Å². The van der Waals surface area contributed by atoms with Gasteiger partial charge in [-0.2, -0.15) is 0 Å². The van der Waals surface area contributed by atoms with Gasteiger partial charge in [0.2, 0.25) is 0 Å². The molecule has 0 saturated carbocycles. The Labute approximate surface area is 116 Å². The largest absolute Gasteiger partial charge is 0.370 e. The lowest BCUT2D eigenvalue weighted by molar-refractivity contribution is 0.277. The molecule has 2 rings (SSSR count). The smallest absolute Gasteiger partial charge is 0.191 e. The standard InChI is InChI=1S/C13H25N3O2S/c1-11-5-7-16(8-6-11)13(14)15-10-12-4-2-3-9-19(12,17)18/h11-12H,2-10H2,1H3,(H2,14,15). The van der Waals surface area contributed by atoms with E-state index in [2.05, 4.69) is 16.8 Å². The highest BCUT2D eigenvalue weighted by Crippen LogP contribution is 2.20. The number of piperidine rings is 1. The van der Waals surface area contributed by atoms with Gasteiger partial charge in [-0.3, -0.25) is 4.99 Å². The SMILES string of the molecule is CC1CCN(C(N)=NCC2CCCCS2(=O)=O)CC1. The minimum absolute atomic E-state index is 0.314. The van der Waals surface area contributed by atoms with Crippen LogP contribution in [0.15, 0.2) is 4.99 Å². The summed E-state index contributed by atoms with van der Waals surface area (Å²) < 4.78 is 23.8. The first-order chi connectivity index (χ1) is 8.99. The van der Waals surface area contributed by atoms with Gasteiger partial charge in [-0.15, -0.1) is 0 Å². The van der Waals surface area contributed by atoms with Crippen molar-refractivity contribution in [1.29, 1.82) is 0 Å². The number of nitrogens with two attached hydrogens (primary N) is 1. The zero-order valence-corrected chi connectivity index (χ0v) is 12.5. The van der Waals surface area contributed by atoms with Crippen LogP contribution in [-0.2, 0) is 9.84 Å². The number of nitrogens with zero attached hydrogens (tertiary/aromatic N) is 2. The lowest BCUT2D eigenvalue weighted by atomic mass is 10.00. The van der Waals surface area contributed by atoms with Crippen molar-refractivity contribution >= 4 is 15.8 Å². The third-order valence-electron chi connectivity index (χ3n) is 4.28. The Balaban J connectivity index is 1.90. The van der Waals surface area contributed by atoms with Crippen molar-refractivity contribution in [2.75, 3.05) is 25.4 Å². The molecule has 2 heterocycles. The molecule has 0 amide bonds. The van der Waals surface area contributed by atoms with Gasteiger partial charge in [0, 0.05) is 13.1 Å². The molecule has 1 unspecified atom stereocenters.